The minimum absolute atomic E-state index is 0.0818. The largest absolute Gasteiger partial charge is 0.386 e. The molecule has 0 bridgehead atoms. The second-order valence-electron chi connectivity index (χ2n) is 7.94. The number of rotatable bonds is 3. The highest BCUT2D eigenvalue weighted by Gasteiger charge is 2.41. The van der Waals surface area contributed by atoms with E-state index in [9.17, 15) is 9.90 Å². The van der Waals surface area contributed by atoms with Crippen molar-refractivity contribution in [2.24, 2.45) is 0 Å². The maximum Gasteiger partial charge on any atom is 0.247 e. The predicted octanol–water partition coefficient (Wildman–Crippen LogP) is 1.71. The number of aromatic amines is 1. The topological polar surface area (TPSA) is 126 Å². The van der Waals surface area contributed by atoms with Crippen LogP contribution >= 0.6 is 0 Å². The molecule has 9 nitrogen and oxygen atoms in total. The number of hydrogen-bond donors (Lipinski definition) is 3. The van der Waals surface area contributed by atoms with Crippen molar-refractivity contribution >= 4 is 33.5 Å². The Kier molecular flexibility index (Phi) is 3.66. The van der Waals surface area contributed by atoms with E-state index in [0.29, 0.717) is 29.8 Å². The fraction of sp³-hybridized carbons (Fsp3) is 0.300. The van der Waals surface area contributed by atoms with E-state index in [-0.39, 0.29) is 5.91 Å². The van der Waals surface area contributed by atoms with Crippen molar-refractivity contribution < 1.29 is 9.90 Å². The Morgan fingerprint density at radius 1 is 1.31 bits per heavy atom. The molecule has 3 aromatic heterocycles. The Hall–Kier alpha value is -3.46. The molecule has 0 radical (unpaired) electrons. The lowest BCUT2D eigenvalue weighted by atomic mass is 9.96. The number of aliphatic hydroxyl groups is 1. The molecule has 148 valence electrons. The number of carbonyl (C=O) groups is 1. The first-order valence-corrected chi connectivity index (χ1v) is 9.41. The van der Waals surface area contributed by atoms with Crippen molar-refractivity contribution in [3.63, 3.8) is 0 Å². The average Bonchev–Trinajstić information content (AvgIpc) is 3.34. The van der Waals surface area contributed by atoms with Crippen molar-refractivity contribution in [3.8, 4) is 11.3 Å². The van der Waals surface area contributed by atoms with Crippen molar-refractivity contribution in [2.75, 3.05) is 18.8 Å². The van der Waals surface area contributed by atoms with E-state index in [1.54, 1.807) is 35.8 Å². The highest BCUT2D eigenvalue weighted by atomic mass is 16.3. The minimum atomic E-state index is -0.804. The number of nitrogen functional groups attached to an aromatic ring is 1. The first-order valence-electron chi connectivity index (χ1n) is 9.41. The number of nitrogens with one attached hydrogen (secondary N) is 1. The number of aromatic nitrogens is 5. The number of H-pyrrole nitrogens is 1. The number of nitrogens with zero attached hydrogens (tertiary/aromatic N) is 5. The van der Waals surface area contributed by atoms with Crippen LogP contribution in [-0.2, 0) is 4.79 Å². The third-order valence-electron chi connectivity index (χ3n) is 5.44. The lowest BCUT2D eigenvalue weighted by Crippen LogP contribution is -2.62. The monoisotopic (exact) mass is 391 g/mol. The molecule has 1 unspecified atom stereocenters. The highest BCUT2D eigenvalue weighted by molar-refractivity contribution is 6.08. The molecule has 1 aliphatic rings. The van der Waals surface area contributed by atoms with Crippen molar-refractivity contribution in [3.05, 3.63) is 36.7 Å². The van der Waals surface area contributed by atoms with Gasteiger partial charge in [0.1, 0.15) is 17.4 Å². The summed E-state index contributed by atoms with van der Waals surface area (Å²) in [4.78, 5) is 18.9. The van der Waals surface area contributed by atoms with Gasteiger partial charge >= 0.3 is 0 Å². The summed E-state index contributed by atoms with van der Waals surface area (Å²) >= 11 is 0. The average molecular weight is 391 g/mol. The lowest BCUT2D eigenvalue weighted by molar-refractivity contribution is -0.155. The predicted molar refractivity (Wildman–Crippen MR) is 109 cm³/mol. The summed E-state index contributed by atoms with van der Waals surface area (Å²) in [5.74, 6) is 0.286. The molecule has 29 heavy (non-hydrogen) atoms. The zero-order valence-electron chi connectivity index (χ0n) is 16.1. The molecule has 1 aromatic carbocycles. The molecule has 0 aliphatic carbocycles. The SMILES string of the molecule is CC(C(=O)N1CC(C)(O)C1)n1cc2c(N)nc3cc(-c4ccn[nH]4)ccc3c2n1. The van der Waals surface area contributed by atoms with Crippen LogP contribution in [0.4, 0.5) is 5.82 Å². The van der Waals surface area contributed by atoms with Gasteiger partial charge in [0.05, 0.1) is 35.3 Å². The maximum atomic E-state index is 12.7. The molecular formula is C20H21N7O2. The van der Waals surface area contributed by atoms with Gasteiger partial charge in [-0.05, 0) is 32.0 Å². The summed E-state index contributed by atoms with van der Waals surface area (Å²) in [6.07, 6.45) is 3.46. The number of fused-ring (bicyclic) bond motifs is 3. The van der Waals surface area contributed by atoms with Gasteiger partial charge in [-0.25, -0.2) is 4.98 Å². The second-order valence-corrected chi connectivity index (χ2v) is 7.94. The van der Waals surface area contributed by atoms with E-state index >= 15 is 0 Å². The quantitative estimate of drug-likeness (QED) is 0.488. The number of pyridine rings is 1. The lowest BCUT2D eigenvalue weighted by Gasteiger charge is -2.45. The van der Waals surface area contributed by atoms with Gasteiger partial charge in [-0.15, -0.1) is 0 Å². The van der Waals surface area contributed by atoms with Crippen LogP contribution < -0.4 is 5.73 Å². The third-order valence-corrected chi connectivity index (χ3v) is 5.44. The van der Waals surface area contributed by atoms with E-state index in [1.165, 1.54) is 0 Å². The van der Waals surface area contributed by atoms with E-state index in [4.69, 9.17) is 5.73 Å². The number of hydrogen-bond acceptors (Lipinski definition) is 6. The van der Waals surface area contributed by atoms with Crippen molar-refractivity contribution in [1.82, 2.24) is 29.9 Å². The molecular weight excluding hydrogens is 370 g/mol. The molecule has 4 aromatic rings. The van der Waals surface area contributed by atoms with Crippen LogP contribution in [0.1, 0.15) is 19.9 Å². The number of β-amino-alcohol motifs (C(OH)–C–C–N with tert-alkyl or cyclic N) is 1. The Morgan fingerprint density at radius 3 is 2.79 bits per heavy atom. The second kappa shape index (κ2) is 6.02. The zero-order chi connectivity index (χ0) is 20.3. The van der Waals surface area contributed by atoms with Crippen LogP contribution in [0.5, 0.6) is 0 Å². The Bertz CT molecular complexity index is 1230. The maximum absolute atomic E-state index is 12.7. The van der Waals surface area contributed by atoms with Gasteiger partial charge < -0.3 is 15.7 Å². The number of benzene rings is 1. The first kappa shape index (κ1) is 17.6. The fourth-order valence-electron chi connectivity index (χ4n) is 3.88. The van der Waals surface area contributed by atoms with E-state index < -0.39 is 11.6 Å². The van der Waals surface area contributed by atoms with Gasteiger partial charge in [0.15, 0.2) is 0 Å². The van der Waals surface area contributed by atoms with Crippen LogP contribution in [-0.4, -0.2) is 59.6 Å². The zero-order valence-corrected chi connectivity index (χ0v) is 16.1. The molecule has 1 atom stereocenters. The van der Waals surface area contributed by atoms with Gasteiger partial charge in [0, 0.05) is 23.3 Å². The highest BCUT2D eigenvalue weighted by Crippen LogP contribution is 2.31. The fourth-order valence-corrected chi connectivity index (χ4v) is 3.88. The number of likely N-dealkylation sites (tertiary alicyclic amines) is 1. The molecule has 0 saturated carbocycles. The van der Waals surface area contributed by atoms with Crippen LogP contribution in [0.15, 0.2) is 36.7 Å². The Labute approximate surface area is 166 Å². The van der Waals surface area contributed by atoms with Gasteiger partial charge in [0.25, 0.3) is 0 Å². The molecule has 0 spiro atoms. The van der Waals surface area contributed by atoms with E-state index in [2.05, 4.69) is 20.3 Å². The summed E-state index contributed by atoms with van der Waals surface area (Å²) in [6.45, 7) is 4.18. The summed E-state index contributed by atoms with van der Waals surface area (Å²) < 4.78 is 1.63. The normalized spacial score (nSPS) is 16.9. The van der Waals surface area contributed by atoms with Crippen molar-refractivity contribution in [2.45, 2.75) is 25.5 Å². The smallest absolute Gasteiger partial charge is 0.247 e. The van der Waals surface area contributed by atoms with Crippen LogP contribution in [0.25, 0.3) is 33.1 Å². The van der Waals surface area contributed by atoms with E-state index in [1.807, 2.05) is 24.3 Å². The molecule has 5 rings (SSSR count). The first-order chi connectivity index (χ1) is 13.8. The third kappa shape index (κ3) is 2.82. The summed E-state index contributed by atoms with van der Waals surface area (Å²) in [7, 11) is 0. The molecule has 1 fully saturated rings. The molecule has 9 heteroatoms. The molecule has 4 N–H and O–H groups in total. The van der Waals surface area contributed by atoms with Crippen molar-refractivity contribution in [1.29, 1.82) is 0 Å². The van der Waals surface area contributed by atoms with Crippen LogP contribution in [0.2, 0.25) is 0 Å². The number of amides is 1. The Morgan fingerprint density at radius 2 is 2.10 bits per heavy atom. The van der Waals surface area contributed by atoms with E-state index in [0.717, 1.165) is 22.2 Å². The number of carbonyl (C=O) groups excluding carboxylic acids is 1. The Balaban J connectivity index is 1.55. The minimum Gasteiger partial charge on any atom is -0.386 e. The number of anilines is 1. The van der Waals surface area contributed by atoms with Crippen LogP contribution in [0.3, 0.4) is 0 Å². The number of nitrogens with two attached hydrogens (primary N) is 1. The summed E-state index contributed by atoms with van der Waals surface area (Å²) in [5.41, 5.74) is 8.67. The molecule has 1 aliphatic heterocycles. The van der Waals surface area contributed by atoms with Gasteiger partial charge in [-0.3, -0.25) is 14.6 Å². The molecule has 4 heterocycles. The summed E-state index contributed by atoms with van der Waals surface area (Å²) in [5, 5.41) is 23.1. The molecule has 1 amide bonds. The van der Waals surface area contributed by atoms with Crippen LogP contribution in [0, 0.1) is 0 Å². The summed E-state index contributed by atoms with van der Waals surface area (Å²) in [6, 6.07) is 7.25. The molecule has 1 saturated heterocycles. The van der Waals surface area contributed by atoms with Gasteiger partial charge in [-0.1, -0.05) is 6.07 Å². The standard InChI is InChI=1S/C20H21N7O2/c1-11(19(28)26-9-20(2,29)10-26)27-8-14-17(25-27)13-4-3-12(15-5-6-22-24-15)7-16(13)23-18(14)21/h3-8,11,29H,9-10H2,1-2H3,(H2,21,23)(H,22,24). The van der Waals surface area contributed by atoms with Gasteiger partial charge in [-0.2, -0.15) is 10.2 Å². The van der Waals surface area contributed by atoms with Gasteiger partial charge in [0.2, 0.25) is 5.91 Å².